The molecule has 0 aromatic carbocycles. The maximum atomic E-state index is 9.93. The largest absolute Gasteiger partial charge is 0.412 e. The van der Waals surface area contributed by atoms with Crippen molar-refractivity contribution in [3.05, 3.63) is 0 Å². The lowest BCUT2D eigenvalue weighted by molar-refractivity contribution is -0.0886. The van der Waals surface area contributed by atoms with Crippen LogP contribution >= 0.6 is 0 Å². The molecule has 0 saturated heterocycles. The summed E-state index contributed by atoms with van der Waals surface area (Å²) in [6, 6.07) is 0. The van der Waals surface area contributed by atoms with Crippen molar-refractivity contribution in [2.24, 2.45) is 11.8 Å². The van der Waals surface area contributed by atoms with Crippen LogP contribution in [-0.4, -0.2) is 39.1 Å². The van der Waals surface area contributed by atoms with E-state index in [1.54, 1.807) is 6.92 Å². The molecule has 0 rings (SSSR count). The Morgan fingerprint density at radius 3 is 2.00 bits per heavy atom. The van der Waals surface area contributed by atoms with E-state index in [1.807, 2.05) is 0 Å². The number of hydrogen-bond acceptors (Lipinski definition) is 3. The monoisotopic (exact) mass is 278 g/mol. The normalized spacial score (nSPS) is 17.7. The van der Waals surface area contributed by atoms with E-state index < -0.39 is 11.7 Å². The Morgan fingerprint density at radius 2 is 1.53 bits per heavy atom. The van der Waals surface area contributed by atoms with Gasteiger partial charge in [-0.25, -0.2) is 0 Å². The highest BCUT2D eigenvalue weighted by molar-refractivity contribution is 4.81. The summed E-state index contributed by atoms with van der Waals surface area (Å²) in [5.41, 5.74) is -1.16. The number of aliphatic hydroxyl groups is 3. The van der Waals surface area contributed by atoms with Gasteiger partial charge in [-0.1, -0.05) is 52.9 Å². The van der Waals surface area contributed by atoms with Gasteiger partial charge in [0.05, 0.1) is 12.2 Å². The minimum atomic E-state index is -1.16. The Balaban J connectivity index is 0. The van der Waals surface area contributed by atoms with E-state index in [1.165, 1.54) is 19.3 Å². The fraction of sp³-hybridized carbons (Fsp3) is 1.00. The Bertz CT molecular complexity index is 204. The molecular weight excluding hydrogens is 244 g/mol. The molecule has 3 atom stereocenters. The molecule has 0 aromatic rings. The Kier molecular flexibility index (Phi) is 11.8. The van der Waals surface area contributed by atoms with E-state index in [9.17, 15) is 10.2 Å². The fourth-order valence-corrected chi connectivity index (χ4v) is 2.19. The molecule has 19 heavy (non-hydrogen) atoms. The molecule has 4 nitrogen and oxygen atoms in total. The van der Waals surface area contributed by atoms with Crippen molar-refractivity contribution in [2.45, 2.75) is 77.9 Å². The average Bonchev–Trinajstić information content (AvgIpc) is 2.27. The van der Waals surface area contributed by atoms with Crippen LogP contribution in [0.2, 0.25) is 0 Å². The van der Waals surface area contributed by atoms with Gasteiger partial charge in [0.25, 0.3) is 0 Å². The van der Waals surface area contributed by atoms with Gasteiger partial charge in [0.2, 0.25) is 0 Å². The van der Waals surface area contributed by atoms with E-state index >= 15 is 0 Å². The highest BCUT2D eigenvalue weighted by Crippen LogP contribution is 2.22. The summed E-state index contributed by atoms with van der Waals surface area (Å²) >= 11 is 0. The molecule has 0 spiro atoms. The summed E-state index contributed by atoms with van der Waals surface area (Å²) in [6.45, 7) is 7.96. The van der Waals surface area contributed by atoms with Crippen molar-refractivity contribution >= 4 is 0 Å². The van der Waals surface area contributed by atoms with Crippen molar-refractivity contribution < 1.29 is 20.8 Å². The second-order valence-electron chi connectivity index (χ2n) is 6.38. The van der Waals surface area contributed by atoms with Gasteiger partial charge in [-0.3, -0.25) is 0 Å². The maximum Gasteiger partial charge on any atom is 0.105 e. The minimum absolute atomic E-state index is 0. The van der Waals surface area contributed by atoms with Crippen LogP contribution in [0.1, 0.15) is 66.2 Å². The SMILES string of the molecule is CC(C)CCCC(C)CCCC(C)(O)C(O)CO.O. The fourth-order valence-electron chi connectivity index (χ4n) is 2.19. The Morgan fingerprint density at radius 1 is 1.00 bits per heavy atom. The summed E-state index contributed by atoms with van der Waals surface area (Å²) in [6.07, 6.45) is 5.28. The lowest BCUT2D eigenvalue weighted by atomic mass is 9.89. The number of aliphatic hydroxyl groups excluding tert-OH is 2. The van der Waals surface area contributed by atoms with Crippen LogP contribution in [0.25, 0.3) is 0 Å². The van der Waals surface area contributed by atoms with Crippen molar-refractivity contribution in [1.29, 1.82) is 0 Å². The third-order valence-electron chi connectivity index (χ3n) is 3.75. The summed E-state index contributed by atoms with van der Waals surface area (Å²) in [5, 5.41) is 28.2. The smallest absolute Gasteiger partial charge is 0.105 e. The van der Waals surface area contributed by atoms with Gasteiger partial charge >= 0.3 is 0 Å². The molecule has 0 saturated carbocycles. The highest BCUT2D eigenvalue weighted by atomic mass is 16.4. The van der Waals surface area contributed by atoms with Gasteiger partial charge in [-0.15, -0.1) is 0 Å². The molecule has 3 unspecified atom stereocenters. The number of hydrogen-bond donors (Lipinski definition) is 3. The number of rotatable bonds is 10. The first-order valence-corrected chi connectivity index (χ1v) is 7.31. The predicted octanol–water partition coefficient (Wildman–Crippen LogP) is 1.90. The van der Waals surface area contributed by atoms with Crippen LogP contribution in [-0.2, 0) is 0 Å². The molecule has 5 N–H and O–H groups in total. The van der Waals surface area contributed by atoms with Crippen LogP contribution in [0, 0.1) is 11.8 Å². The third-order valence-corrected chi connectivity index (χ3v) is 3.75. The topological polar surface area (TPSA) is 92.2 Å². The van der Waals surface area contributed by atoms with E-state index in [0.29, 0.717) is 12.3 Å². The molecule has 4 heteroatoms. The van der Waals surface area contributed by atoms with Crippen LogP contribution in [0.15, 0.2) is 0 Å². The molecule has 0 aromatic heterocycles. The maximum absolute atomic E-state index is 9.93. The van der Waals surface area contributed by atoms with Gasteiger partial charge in [-0.05, 0) is 25.2 Å². The standard InChI is InChI=1S/C15H32O3.H2O/c1-12(2)7-5-8-13(3)9-6-10-15(4,18)14(17)11-16;/h12-14,16-18H,5-11H2,1-4H3;1H2. The van der Waals surface area contributed by atoms with Crippen molar-refractivity contribution in [3.8, 4) is 0 Å². The third kappa shape index (κ3) is 10.3. The van der Waals surface area contributed by atoms with Gasteiger partial charge in [0.1, 0.15) is 6.10 Å². The van der Waals surface area contributed by atoms with Gasteiger partial charge in [0.15, 0.2) is 0 Å². The zero-order valence-electron chi connectivity index (χ0n) is 13.0. The van der Waals surface area contributed by atoms with Crippen molar-refractivity contribution in [3.63, 3.8) is 0 Å². The molecule has 118 valence electrons. The molecule has 0 radical (unpaired) electrons. The summed E-state index contributed by atoms with van der Waals surface area (Å²) < 4.78 is 0. The second kappa shape index (κ2) is 10.6. The predicted molar refractivity (Wildman–Crippen MR) is 79.0 cm³/mol. The van der Waals surface area contributed by atoms with Gasteiger partial charge in [0, 0.05) is 0 Å². The van der Waals surface area contributed by atoms with Crippen LogP contribution in [0.3, 0.4) is 0 Å². The second-order valence-corrected chi connectivity index (χ2v) is 6.38. The molecular formula is C15H34O4. The summed E-state index contributed by atoms with van der Waals surface area (Å²) in [7, 11) is 0. The van der Waals surface area contributed by atoms with Crippen LogP contribution < -0.4 is 0 Å². The molecule has 0 amide bonds. The van der Waals surface area contributed by atoms with Crippen LogP contribution in [0.5, 0.6) is 0 Å². The molecule has 0 fully saturated rings. The van der Waals surface area contributed by atoms with E-state index in [2.05, 4.69) is 20.8 Å². The Labute approximate surface area is 118 Å². The van der Waals surface area contributed by atoms with Gasteiger partial charge in [-0.2, -0.15) is 0 Å². The molecule has 0 bridgehead atoms. The summed E-state index contributed by atoms with van der Waals surface area (Å²) in [5.74, 6) is 1.45. The van der Waals surface area contributed by atoms with Crippen LogP contribution in [0.4, 0.5) is 0 Å². The molecule has 0 aliphatic carbocycles. The summed E-state index contributed by atoms with van der Waals surface area (Å²) in [4.78, 5) is 0. The lowest BCUT2D eigenvalue weighted by Crippen LogP contribution is -2.41. The van der Waals surface area contributed by atoms with E-state index in [-0.39, 0.29) is 12.1 Å². The first-order valence-electron chi connectivity index (χ1n) is 7.31. The highest BCUT2D eigenvalue weighted by Gasteiger charge is 2.29. The molecule has 0 aliphatic heterocycles. The zero-order chi connectivity index (χ0) is 14.2. The zero-order valence-corrected chi connectivity index (χ0v) is 13.0. The Hall–Kier alpha value is -0.160. The first-order chi connectivity index (χ1) is 8.29. The van der Waals surface area contributed by atoms with Crippen molar-refractivity contribution in [2.75, 3.05) is 6.61 Å². The average molecular weight is 278 g/mol. The lowest BCUT2D eigenvalue weighted by Gasteiger charge is -2.28. The first kappa shape index (κ1) is 21.1. The molecule has 0 heterocycles. The molecule has 0 aliphatic rings. The van der Waals surface area contributed by atoms with Gasteiger partial charge < -0.3 is 20.8 Å². The quantitative estimate of drug-likeness (QED) is 0.570. The van der Waals surface area contributed by atoms with E-state index in [4.69, 9.17) is 5.11 Å². The minimum Gasteiger partial charge on any atom is -0.412 e. The van der Waals surface area contributed by atoms with E-state index in [0.717, 1.165) is 18.8 Å². The van der Waals surface area contributed by atoms with Crippen molar-refractivity contribution in [1.82, 2.24) is 0 Å².